The minimum atomic E-state index is -0.279. The van der Waals surface area contributed by atoms with E-state index in [-0.39, 0.29) is 5.82 Å². The number of nitrogens with zero attached hydrogens (tertiary/aromatic N) is 1. The van der Waals surface area contributed by atoms with Gasteiger partial charge in [-0.15, -0.1) is 0 Å². The van der Waals surface area contributed by atoms with Crippen LogP contribution in [0.3, 0.4) is 0 Å². The minimum Gasteiger partial charge on any atom is -0.331 e. The van der Waals surface area contributed by atoms with E-state index < -0.39 is 0 Å². The lowest BCUT2D eigenvalue weighted by Crippen LogP contribution is -2.25. The highest BCUT2D eigenvalue weighted by Gasteiger charge is 2.01. The first-order valence-electron chi connectivity index (χ1n) is 7.09. The average molecular weight is 315 g/mol. The summed E-state index contributed by atoms with van der Waals surface area (Å²) in [6.07, 6.45) is 1.62. The van der Waals surface area contributed by atoms with E-state index in [1.54, 1.807) is 12.1 Å². The smallest absolute Gasteiger partial charge is 0.191 e. The number of halogens is 1. The summed E-state index contributed by atoms with van der Waals surface area (Å²) < 4.78 is 12.8. The first-order valence-corrected chi connectivity index (χ1v) is 7.50. The molecule has 22 heavy (non-hydrogen) atoms. The van der Waals surface area contributed by atoms with Crippen LogP contribution in [0.15, 0.2) is 59.7 Å². The first kappa shape index (κ1) is 16.1. The molecule has 0 fully saturated rings. The zero-order valence-corrected chi connectivity index (χ0v) is 13.2. The summed E-state index contributed by atoms with van der Waals surface area (Å²) in [4.78, 5) is 0. The molecule has 2 N–H and O–H groups in total. The van der Waals surface area contributed by atoms with Gasteiger partial charge in [-0.25, -0.2) is 4.39 Å². The summed E-state index contributed by atoms with van der Waals surface area (Å²) in [7, 11) is 0. The van der Waals surface area contributed by atoms with Crippen LogP contribution in [0.5, 0.6) is 0 Å². The van der Waals surface area contributed by atoms with Crippen LogP contribution in [-0.4, -0.2) is 10.8 Å². The van der Waals surface area contributed by atoms with Gasteiger partial charge in [0.15, 0.2) is 5.11 Å². The van der Waals surface area contributed by atoms with E-state index in [2.05, 4.69) is 34.9 Å². The Morgan fingerprint density at radius 1 is 1.09 bits per heavy atom. The molecular formula is C17H18FN3S. The molecule has 0 spiro atoms. The van der Waals surface area contributed by atoms with Crippen molar-refractivity contribution in [2.24, 2.45) is 5.10 Å². The van der Waals surface area contributed by atoms with Crippen LogP contribution in [-0.2, 0) is 6.42 Å². The highest BCUT2D eigenvalue weighted by Crippen LogP contribution is 2.08. The maximum atomic E-state index is 12.8. The normalized spacial score (nSPS) is 11.1. The van der Waals surface area contributed by atoms with Crippen molar-refractivity contribution in [1.29, 1.82) is 0 Å². The van der Waals surface area contributed by atoms with Gasteiger partial charge in [0.1, 0.15) is 5.82 Å². The van der Waals surface area contributed by atoms with Crippen LogP contribution in [0.25, 0.3) is 0 Å². The Hall–Kier alpha value is -2.27. The lowest BCUT2D eigenvalue weighted by Gasteiger charge is -2.09. The van der Waals surface area contributed by atoms with Crippen LogP contribution in [0.1, 0.15) is 18.9 Å². The maximum Gasteiger partial charge on any atom is 0.191 e. The Balaban J connectivity index is 1.90. The number of nitrogens with one attached hydrogen (secondary N) is 2. The zero-order valence-electron chi connectivity index (χ0n) is 12.3. The molecule has 0 bridgehead atoms. The number of thiocarbonyl (C=S) groups is 1. The van der Waals surface area contributed by atoms with Gasteiger partial charge in [0.05, 0.1) is 0 Å². The van der Waals surface area contributed by atoms with Gasteiger partial charge in [-0.05, 0) is 48.5 Å². The first-order chi connectivity index (χ1) is 10.7. The molecule has 3 nitrogen and oxygen atoms in total. The van der Waals surface area contributed by atoms with Crippen LogP contribution in [0.2, 0.25) is 0 Å². The number of benzene rings is 2. The Morgan fingerprint density at radius 3 is 2.41 bits per heavy atom. The number of rotatable bonds is 5. The summed E-state index contributed by atoms with van der Waals surface area (Å²) in [5.74, 6) is -0.279. The van der Waals surface area contributed by atoms with Crippen molar-refractivity contribution in [2.75, 3.05) is 5.32 Å². The van der Waals surface area contributed by atoms with Crippen LogP contribution >= 0.6 is 12.2 Å². The molecular weight excluding hydrogens is 297 g/mol. The quantitative estimate of drug-likeness (QED) is 0.495. The molecule has 0 aliphatic heterocycles. The maximum absolute atomic E-state index is 12.8. The molecule has 0 saturated carbocycles. The SMILES string of the molecule is CC/C(Cc1ccccc1)=N/NC(=S)Nc1ccc(F)cc1. The molecule has 0 radical (unpaired) electrons. The van der Waals surface area contributed by atoms with Crippen molar-refractivity contribution in [3.63, 3.8) is 0 Å². The molecule has 0 amide bonds. The highest BCUT2D eigenvalue weighted by atomic mass is 32.1. The molecule has 114 valence electrons. The topological polar surface area (TPSA) is 36.4 Å². The second kappa shape index (κ2) is 8.24. The summed E-state index contributed by atoms with van der Waals surface area (Å²) in [5.41, 5.74) is 5.77. The van der Waals surface area contributed by atoms with E-state index in [0.717, 1.165) is 24.2 Å². The Labute approximate surface area is 135 Å². The zero-order chi connectivity index (χ0) is 15.8. The van der Waals surface area contributed by atoms with Crippen molar-refractivity contribution in [3.8, 4) is 0 Å². The summed E-state index contributed by atoms with van der Waals surface area (Å²) in [6.45, 7) is 2.06. The predicted molar refractivity (Wildman–Crippen MR) is 93.6 cm³/mol. The van der Waals surface area contributed by atoms with Gasteiger partial charge in [-0.2, -0.15) is 5.10 Å². The number of anilines is 1. The van der Waals surface area contributed by atoms with Gasteiger partial charge in [0.25, 0.3) is 0 Å². The summed E-state index contributed by atoms with van der Waals surface area (Å²) in [6, 6.07) is 16.2. The minimum absolute atomic E-state index is 0.279. The largest absolute Gasteiger partial charge is 0.331 e. The molecule has 0 aliphatic rings. The lowest BCUT2D eigenvalue weighted by atomic mass is 10.1. The Morgan fingerprint density at radius 2 is 1.77 bits per heavy atom. The monoisotopic (exact) mass is 315 g/mol. The molecule has 2 rings (SSSR count). The fraction of sp³-hybridized carbons (Fsp3) is 0.176. The molecule has 0 heterocycles. The fourth-order valence-electron chi connectivity index (χ4n) is 1.90. The second-order valence-corrected chi connectivity index (χ2v) is 5.18. The molecule has 5 heteroatoms. The van der Waals surface area contributed by atoms with Gasteiger partial charge >= 0.3 is 0 Å². The molecule has 0 aliphatic carbocycles. The molecule has 2 aromatic rings. The van der Waals surface area contributed by atoms with Crippen molar-refractivity contribution < 1.29 is 4.39 Å². The Bertz CT molecular complexity index is 639. The second-order valence-electron chi connectivity index (χ2n) is 4.77. The fourth-order valence-corrected chi connectivity index (χ4v) is 2.06. The third-order valence-electron chi connectivity index (χ3n) is 3.08. The summed E-state index contributed by atoms with van der Waals surface area (Å²) >= 11 is 5.18. The van der Waals surface area contributed by atoms with Crippen molar-refractivity contribution >= 4 is 28.7 Å². The van der Waals surface area contributed by atoms with Crippen LogP contribution < -0.4 is 10.7 Å². The van der Waals surface area contributed by atoms with Gasteiger partial charge < -0.3 is 5.32 Å². The third kappa shape index (κ3) is 5.26. The third-order valence-corrected chi connectivity index (χ3v) is 3.27. The van der Waals surface area contributed by atoms with Gasteiger partial charge in [-0.1, -0.05) is 37.3 Å². The number of hydrogen-bond donors (Lipinski definition) is 2. The van der Waals surface area contributed by atoms with E-state index in [1.165, 1.54) is 17.7 Å². The number of hydrazone groups is 1. The molecule has 0 saturated heterocycles. The molecule has 0 unspecified atom stereocenters. The number of hydrogen-bond acceptors (Lipinski definition) is 2. The van der Waals surface area contributed by atoms with Gasteiger partial charge in [0.2, 0.25) is 0 Å². The Kier molecular flexibility index (Phi) is 6.03. The van der Waals surface area contributed by atoms with Crippen LogP contribution in [0.4, 0.5) is 10.1 Å². The van der Waals surface area contributed by atoms with E-state index in [4.69, 9.17) is 12.2 Å². The molecule has 2 aromatic carbocycles. The standard InChI is InChI=1S/C17H18FN3S/c1-2-15(12-13-6-4-3-5-7-13)20-21-17(22)19-16-10-8-14(18)9-11-16/h3-11H,2,12H2,1H3,(H2,19,21,22)/b20-15-. The van der Waals surface area contributed by atoms with E-state index in [9.17, 15) is 4.39 Å². The molecule has 0 atom stereocenters. The molecule has 0 aromatic heterocycles. The average Bonchev–Trinajstić information content (AvgIpc) is 2.54. The lowest BCUT2D eigenvalue weighted by molar-refractivity contribution is 0.628. The van der Waals surface area contributed by atoms with E-state index in [1.807, 2.05) is 18.2 Å². The van der Waals surface area contributed by atoms with Crippen LogP contribution in [0, 0.1) is 5.82 Å². The predicted octanol–water partition coefficient (Wildman–Crippen LogP) is 4.12. The van der Waals surface area contributed by atoms with Gasteiger partial charge in [-0.3, -0.25) is 5.43 Å². The van der Waals surface area contributed by atoms with Crippen molar-refractivity contribution in [3.05, 3.63) is 66.0 Å². The van der Waals surface area contributed by atoms with Crippen molar-refractivity contribution in [2.45, 2.75) is 19.8 Å². The van der Waals surface area contributed by atoms with E-state index >= 15 is 0 Å². The summed E-state index contributed by atoms with van der Waals surface area (Å²) in [5, 5.41) is 7.68. The van der Waals surface area contributed by atoms with E-state index in [0.29, 0.717) is 5.11 Å². The van der Waals surface area contributed by atoms with Crippen molar-refractivity contribution in [1.82, 2.24) is 5.43 Å². The van der Waals surface area contributed by atoms with Gasteiger partial charge in [0, 0.05) is 17.8 Å². The highest BCUT2D eigenvalue weighted by molar-refractivity contribution is 7.80.